The van der Waals surface area contributed by atoms with Gasteiger partial charge in [0.1, 0.15) is 12.1 Å². The molecular formula is C11H11N5O2. The number of hydrogen-bond donors (Lipinski definition) is 2. The van der Waals surface area contributed by atoms with Crippen LogP contribution in [0.15, 0.2) is 36.8 Å². The third kappa shape index (κ3) is 1.98. The van der Waals surface area contributed by atoms with Crippen molar-refractivity contribution in [2.75, 3.05) is 17.3 Å². The standard InChI is InChI=1S/C11H11N5O2/c12-16(15-11-3-4-13-6-14-11)8-1-2-9-10(5-8)18-7-17-9/h1-6H,7,12H2,(H,13,14,15). The molecule has 92 valence electrons. The fraction of sp³-hybridized carbons (Fsp3) is 0.0909. The maximum absolute atomic E-state index is 5.89. The van der Waals surface area contributed by atoms with Crippen molar-refractivity contribution in [2.24, 2.45) is 5.84 Å². The van der Waals surface area contributed by atoms with Gasteiger partial charge in [-0.3, -0.25) is 5.43 Å². The number of rotatable bonds is 3. The second-order valence-electron chi connectivity index (χ2n) is 3.61. The summed E-state index contributed by atoms with van der Waals surface area (Å²) in [5, 5.41) is 1.35. The Morgan fingerprint density at radius 3 is 2.94 bits per heavy atom. The van der Waals surface area contributed by atoms with E-state index < -0.39 is 0 Å². The molecule has 3 rings (SSSR count). The molecule has 0 saturated carbocycles. The van der Waals surface area contributed by atoms with Crippen LogP contribution in [0.25, 0.3) is 0 Å². The predicted octanol–water partition coefficient (Wildman–Crippen LogP) is 0.912. The zero-order chi connectivity index (χ0) is 12.4. The Bertz CT molecular complexity index is 548. The number of ether oxygens (including phenoxy) is 2. The summed E-state index contributed by atoms with van der Waals surface area (Å²) in [4.78, 5) is 7.84. The van der Waals surface area contributed by atoms with Crippen LogP contribution in [0.3, 0.4) is 0 Å². The Morgan fingerprint density at radius 1 is 1.22 bits per heavy atom. The van der Waals surface area contributed by atoms with Crippen molar-refractivity contribution in [1.82, 2.24) is 9.97 Å². The van der Waals surface area contributed by atoms with Crippen LogP contribution in [0, 0.1) is 0 Å². The van der Waals surface area contributed by atoms with E-state index in [0.29, 0.717) is 17.3 Å². The fourth-order valence-electron chi connectivity index (χ4n) is 1.58. The number of benzene rings is 1. The summed E-state index contributed by atoms with van der Waals surface area (Å²) in [7, 11) is 0. The van der Waals surface area contributed by atoms with Crippen LogP contribution in [0.4, 0.5) is 11.5 Å². The van der Waals surface area contributed by atoms with Gasteiger partial charge in [0.25, 0.3) is 0 Å². The summed E-state index contributed by atoms with van der Waals surface area (Å²) in [5.41, 5.74) is 3.65. The van der Waals surface area contributed by atoms with Gasteiger partial charge in [0.2, 0.25) is 6.79 Å². The number of anilines is 2. The zero-order valence-electron chi connectivity index (χ0n) is 9.41. The summed E-state index contributed by atoms with van der Waals surface area (Å²) in [6.07, 6.45) is 3.07. The summed E-state index contributed by atoms with van der Waals surface area (Å²) in [6, 6.07) is 7.13. The average Bonchev–Trinajstić information content (AvgIpc) is 2.87. The topological polar surface area (TPSA) is 85.5 Å². The molecule has 2 aromatic rings. The maximum Gasteiger partial charge on any atom is 0.231 e. The number of hydrogen-bond acceptors (Lipinski definition) is 7. The molecule has 1 aliphatic heterocycles. The van der Waals surface area contributed by atoms with E-state index in [0.717, 1.165) is 5.69 Å². The lowest BCUT2D eigenvalue weighted by molar-refractivity contribution is 0.174. The van der Waals surface area contributed by atoms with E-state index in [1.165, 1.54) is 11.4 Å². The van der Waals surface area contributed by atoms with E-state index in [9.17, 15) is 0 Å². The first-order chi connectivity index (χ1) is 8.83. The molecule has 0 bridgehead atoms. The molecule has 3 N–H and O–H groups in total. The number of aromatic nitrogens is 2. The molecule has 0 saturated heterocycles. The molecule has 18 heavy (non-hydrogen) atoms. The Labute approximate surface area is 103 Å². The number of nitrogens with zero attached hydrogens (tertiary/aromatic N) is 3. The summed E-state index contributed by atoms with van der Waals surface area (Å²) in [6.45, 7) is 0.239. The Kier molecular flexibility index (Phi) is 2.58. The van der Waals surface area contributed by atoms with Gasteiger partial charge in [0.05, 0.1) is 5.69 Å². The predicted molar refractivity (Wildman–Crippen MR) is 64.9 cm³/mol. The molecule has 0 amide bonds. The molecule has 1 aromatic carbocycles. The van der Waals surface area contributed by atoms with Gasteiger partial charge in [-0.2, -0.15) is 0 Å². The summed E-state index contributed by atoms with van der Waals surface area (Å²) < 4.78 is 10.5. The highest BCUT2D eigenvalue weighted by Gasteiger charge is 2.14. The largest absolute Gasteiger partial charge is 0.454 e. The third-order valence-corrected chi connectivity index (χ3v) is 2.45. The molecule has 0 spiro atoms. The first-order valence-electron chi connectivity index (χ1n) is 5.30. The number of hydrazine groups is 2. The van der Waals surface area contributed by atoms with Crippen LogP contribution in [0.1, 0.15) is 0 Å². The van der Waals surface area contributed by atoms with Crippen LogP contribution < -0.4 is 25.9 Å². The molecule has 1 aliphatic rings. The molecule has 0 atom stereocenters. The molecule has 0 fully saturated rings. The maximum atomic E-state index is 5.89. The lowest BCUT2D eigenvalue weighted by atomic mass is 10.3. The van der Waals surface area contributed by atoms with E-state index in [2.05, 4.69) is 15.4 Å². The molecule has 0 unspecified atom stereocenters. The molecule has 0 aliphatic carbocycles. The second kappa shape index (κ2) is 4.38. The highest BCUT2D eigenvalue weighted by molar-refractivity contribution is 5.58. The van der Waals surface area contributed by atoms with E-state index in [4.69, 9.17) is 15.3 Å². The quantitative estimate of drug-likeness (QED) is 0.614. The SMILES string of the molecule is NN(Nc1ccncn1)c1ccc2c(c1)OCO2. The van der Waals surface area contributed by atoms with Gasteiger partial charge in [-0.25, -0.2) is 20.9 Å². The van der Waals surface area contributed by atoms with Crippen molar-refractivity contribution in [3.8, 4) is 11.5 Å². The minimum absolute atomic E-state index is 0.239. The molecule has 2 heterocycles. The number of fused-ring (bicyclic) bond motifs is 1. The van der Waals surface area contributed by atoms with Gasteiger partial charge >= 0.3 is 0 Å². The molecule has 7 nitrogen and oxygen atoms in total. The minimum atomic E-state index is 0.239. The van der Waals surface area contributed by atoms with Gasteiger partial charge < -0.3 is 9.47 Å². The second-order valence-corrected chi connectivity index (χ2v) is 3.61. The van der Waals surface area contributed by atoms with Gasteiger partial charge in [-0.05, 0) is 12.1 Å². The van der Waals surface area contributed by atoms with Gasteiger partial charge in [0, 0.05) is 18.3 Å². The first kappa shape index (κ1) is 10.6. The molecular weight excluding hydrogens is 234 g/mol. The molecule has 0 radical (unpaired) electrons. The minimum Gasteiger partial charge on any atom is -0.454 e. The smallest absolute Gasteiger partial charge is 0.231 e. The highest BCUT2D eigenvalue weighted by Crippen LogP contribution is 2.34. The van der Waals surface area contributed by atoms with Crippen molar-refractivity contribution >= 4 is 11.5 Å². The van der Waals surface area contributed by atoms with E-state index >= 15 is 0 Å². The van der Waals surface area contributed by atoms with Crippen LogP contribution in [0.5, 0.6) is 11.5 Å². The zero-order valence-corrected chi connectivity index (χ0v) is 9.41. The first-order valence-corrected chi connectivity index (χ1v) is 5.30. The Hall–Kier alpha value is -2.54. The van der Waals surface area contributed by atoms with Crippen LogP contribution in [-0.2, 0) is 0 Å². The van der Waals surface area contributed by atoms with E-state index in [-0.39, 0.29) is 6.79 Å². The lowest BCUT2D eigenvalue weighted by Gasteiger charge is -2.19. The van der Waals surface area contributed by atoms with E-state index in [1.807, 2.05) is 6.07 Å². The van der Waals surface area contributed by atoms with Gasteiger partial charge in [0.15, 0.2) is 11.5 Å². The Balaban J connectivity index is 1.78. The normalized spacial score (nSPS) is 12.3. The van der Waals surface area contributed by atoms with Crippen LogP contribution in [0.2, 0.25) is 0 Å². The lowest BCUT2D eigenvalue weighted by Crippen LogP contribution is -2.37. The highest BCUT2D eigenvalue weighted by atomic mass is 16.7. The number of nitrogens with two attached hydrogens (primary N) is 1. The van der Waals surface area contributed by atoms with Crippen molar-refractivity contribution in [1.29, 1.82) is 0 Å². The van der Waals surface area contributed by atoms with Crippen molar-refractivity contribution < 1.29 is 9.47 Å². The fourth-order valence-corrected chi connectivity index (χ4v) is 1.58. The van der Waals surface area contributed by atoms with Crippen molar-refractivity contribution in [2.45, 2.75) is 0 Å². The van der Waals surface area contributed by atoms with Crippen molar-refractivity contribution in [3.63, 3.8) is 0 Å². The third-order valence-electron chi connectivity index (χ3n) is 2.45. The summed E-state index contributed by atoms with van der Waals surface area (Å²) >= 11 is 0. The van der Waals surface area contributed by atoms with Crippen molar-refractivity contribution in [3.05, 3.63) is 36.8 Å². The van der Waals surface area contributed by atoms with Gasteiger partial charge in [-0.1, -0.05) is 0 Å². The van der Waals surface area contributed by atoms with E-state index in [1.54, 1.807) is 24.4 Å². The summed E-state index contributed by atoms with van der Waals surface area (Å²) in [5.74, 6) is 7.88. The molecule has 7 heteroatoms. The monoisotopic (exact) mass is 245 g/mol. The van der Waals surface area contributed by atoms with Crippen LogP contribution in [-0.4, -0.2) is 16.8 Å². The molecule has 1 aromatic heterocycles. The van der Waals surface area contributed by atoms with Crippen LogP contribution >= 0.6 is 0 Å². The average molecular weight is 245 g/mol. The Morgan fingerprint density at radius 2 is 2.11 bits per heavy atom. The number of nitrogens with one attached hydrogen (secondary N) is 1. The van der Waals surface area contributed by atoms with Gasteiger partial charge in [-0.15, -0.1) is 0 Å².